The van der Waals surface area contributed by atoms with Gasteiger partial charge in [-0.25, -0.2) is 0 Å². The van der Waals surface area contributed by atoms with Gasteiger partial charge in [-0.1, -0.05) is 11.3 Å². The molecule has 0 unspecified atom stereocenters. The maximum Gasteiger partial charge on any atom is 0.324 e. The normalized spacial score (nSPS) is 10.3. The van der Waals surface area contributed by atoms with Crippen molar-refractivity contribution in [2.75, 3.05) is 11.9 Å². The molecule has 5 nitrogen and oxygen atoms in total. The Hall–Kier alpha value is -2.08. The van der Waals surface area contributed by atoms with E-state index in [1.807, 2.05) is 32.0 Å². The number of benzene rings is 1. The van der Waals surface area contributed by atoms with Crippen LogP contribution < -0.4 is 10.1 Å². The lowest BCUT2D eigenvalue weighted by Gasteiger charge is -2.10. The van der Waals surface area contributed by atoms with Crippen LogP contribution in [0.4, 0.5) is 10.7 Å². The van der Waals surface area contributed by atoms with Crippen LogP contribution in [0.2, 0.25) is 0 Å². The van der Waals surface area contributed by atoms with Crippen molar-refractivity contribution >= 4 is 22.0 Å². The molecule has 0 fully saturated rings. The van der Waals surface area contributed by atoms with Gasteiger partial charge in [0.2, 0.25) is 0 Å². The summed E-state index contributed by atoms with van der Waals surface area (Å²) in [7, 11) is 0. The van der Waals surface area contributed by atoms with Crippen molar-refractivity contribution in [3.63, 3.8) is 0 Å². The number of thiophene rings is 1. The van der Waals surface area contributed by atoms with E-state index in [-0.39, 0.29) is 9.92 Å². The van der Waals surface area contributed by atoms with Crippen LogP contribution in [0.15, 0.2) is 30.3 Å². The molecule has 1 N–H and O–H groups in total. The molecule has 0 aliphatic rings. The second kappa shape index (κ2) is 6.38. The average molecular weight is 292 g/mol. The minimum Gasteiger partial charge on any atom is -0.494 e. The van der Waals surface area contributed by atoms with E-state index in [2.05, 4.69) is 5.32 Å². The smallest absolute Gasteiger partial charge is 0.324 e. The minimum absolute atomic E-state index is 0.171. The fourth-order valence-corrected chi connectivity index (χ4v) is 2.59. The Morgan fingerprint density at radius 3 is 2.75 bits per heavy atom. The lowest BCUT2D eigenvalue weighted by Crippen LogP contribution is -2.00. The highest BCUT2D eigenvalue weighted by Crippen LogP contribution is 2.26. The number of anilines is 1. The van der Waals surface area contributed by atoms with Crippen LogP contribution in [-0.4, -0.2) is 11.5 Å². The van der Waals surface area contributed by atoms with Crippen molar-refractivity contribution in [1.82, 2.24) is 0 Å². The van der Waals surface area contributed by atoms with Crippen molar-refractivity contribution in [1.29, 1.82) is 0 Å². The molecule has 1 heterocycles. The Morgan fingerprint density at radius 2 is 2.15 bits per heavy atom. The van der Waals surface area contributed by atoms with Gasteiger partial charge in [0.25, 0.3) is 0 Å². The van der Waals surface area contributed by atoms with Crippen LogP contribution in [0.5, 0.6) is 5.75 Å². The Labute approximate surface area is 121 Å². The maximum atomic E-state index is 10.6. The molecule has 20 heavy (non-hydrogen) atoms. The first kappa shape index (κ1) is 14.3. The summed E-state index contributed by atoms with van der Waals surface area (Å²) in [6.07, 6.45) is 0. The minimum atomic E-state index is -0.365. The van der Waals surface area contributed by atoms with Crippen LogP contribution in [0.3, 0.4) is 0 Å². The molecule has 0 amide bonds. The quantitative estimate of drug-likeness (QED) is 0.646. The molecule has 0 radical (unpaired) electrons. The third kappa shape index (κ3) is 3.48. The molecule has 0 aliphatic heterocycles. The van der Waals surface area contributed by atoms with Crippen LogP contribution in [0.25, 0.3) is 0 Å². The topological polar surface area (TPSA) is 64.4 Å². The zero-order chi connectivity index (χ0) is 14.5. The van der Waals surface area contributed by atoms with E-state index in [1.54, 1.807) is 6.07 Å². The fourth-order valence-electron chi connectivity index (χ4n) is 1.83. The number of nitrogens with zero attached hydrogens (tertiary/aromatic N) is 1. The van der Waals surface area contributed by atoms with Crippen LogP contribution >= 0.6 is 11.3 Å². The highest BCUT2D eigenvalue weighted by atomic mass is 32.1. The summed E-state index contributed by atoms with van der Waals surface area (Å²) in [6, 6.07) is 9.16. The summed E-state index contributed by atoms with van der Waals surface area (Å²) >= 11 is 1.19. The van der Waals surface area contributed by atoms with Gasteiger partial charge >= 0.3 is 5.00 Å². The number of aryl methyl sites for hydroxylation is 1. The molecule has 0 spiro atoms. The van der Waals surface area contributed by atoms with Crippen molar-refractivity contribution in [2.45, 2.75) is 20.4 Å². The van der Waals surface area contributed by atoms with Gasteiger partial charge in [-0.05, 0) is 43.7 Å². The van der Waals surface area contributed by atoms with E-state index in [4.69, 9.17) is 4.74 Å². The van der Waals surface area contributed by atoms with Crippen molar-refractivity contribution in [3.8, 4) is 5.75 Å². The van der Waals surface area contributed by atoms with Crippen LogP contribution in [0.1, 0.15) is 17.4 Å². The SMILES string of the molecule is CCOc1ccc(NCc2ccc([N+](=O)[O-])s2)c(C)c1. The summed E-state index contributed by atoms with van der Waals surface area (Å²) < 4.78 is 5.43. The monoisotopic (exact) mass is 292 g/mol. The van der Waals surface area contributed by atoms with Crippen LogP contribution in [-0.2, 0) is 6.54 Å². The highest BCUT2D eigenvalue weighted by Gasteiger charge is 2.09. The Balaban J connectivity index is 2.01. The number of ether oxygens (including phenoxy) is 1. The van der Waals surface area contributed by atoms with Crippen molar-refractivity contribution in [2.24, 2.45) is 0 Å². The zero-order valence-corrected chi connectivity index (χ0v) is 12.2. The lowest BCUT2D eigenvalue weighted by molar-refractivity contribution is -0.380. The molecular weight excluding hydrogens is 276 g/mol. The van der Waals surface area contributed by atoms with Gasteiger partial charge in [0.15, 0.2) is 0 Å². The fraction of sp³-hybridized carbons (Fsp3) is 0.286. The van der Waals surface area contributed by atoms with Crippen LogP contribution in [0, 0.1) is 17.0 Å². The number of hydrogen-bond donors (Lipinski definition) is 1. The molecule has 0 saturated heterocycles. The molecular formula is C14H16N2O3S. The Kier molecular flexibility index (Phi) is 4.57. The molecule has 2 aromatic rings. The Bertz CT molecular complexity index is 610. The van der Waals surface area contributed by atoms with Gasteiger partial charge in [0, 0.05) is 23.2 Å². The predicted octanol–water partition coefficient (Wildman–Crippen LogP) is 3.98. The van der Waals surface area contributed by atoms with E-state index in [0.29, 0.717) is 13.2 Å². The number of rotatable bonds is 6. The van der Waals surface area contributed by atoms with E-state index >= 15 is 0 Å². The summed E-state index contributed by atoms with van der Waals surface area (Å²) in [6.45, 7) is 5.17. The van der Waals surface area contributed by atoms with Crippen molar-refractivity contribution in [3.05, 3.63) is 50.9 Å². The summed E-state index contributed by atoms with van der Waals surface area (Å²) in [5.41, 5.74) is 2.09. The molecule has 1 aromatic heterocycles. The number of nitrogens with one attached hydrogen (secondary N) is 1. The highest BCUT2D eigenvalue weighted by molar-refractivity contribution is 7.15. The first-order valence-corrected chi connectivity index (χ1v) is 7.12. The molecule has 0 bridgehead atoms. The van der Waals surface area contributed by atoms with Gasteiger partial charge in [-0.15, -0.1) is 0 Å². The second-order valence-corrected chi connectivity index (χ2v) is 5.41. The standard InChI is InChI=1S/C14H16N2O3S/c1-3-19-11-4-6-13(10(2)8-11)15-9-12-5-7-14(20-12)16(17)18/h4-8,15H,3,9H2,1-2H3. The summed E-state index contributed by atoms with van der Waals surface area (Å²) in [4.78, 5) is 11.2. The molecule has 0 aliphatic carbocycles. The van der Waals surface area contributed by atoms with Gasteiger partial charge in [0.1, 0.15) is 5.75 Å². The molecule has 1 aromatic carbocycles. The number of nitro groups is 1. The first-order valence-electron chi connectivity index (χ1n) is 6.30. The van der Waals surface area contributed by atoms with E-state index in [0.717, 1.165) is 21.9 Å². The first-order chi connectivity index (χ1) is 9.60. The van der Waals surface area contributed by atoms with Gasteiger partial charge in [-0.3, -0.25) is 10.1 Å². The summed E-state index contributed by atoms with van der Waals surface area (Å²) in [5.74, 6) is 0.849. The van der Waals surface area contributed by atoms with Gasteiger partial charge < -0.3 is 10.1 Å². The molecule has 6 heteroatoms. The largest absolute Gasteiger partial charge is 0.494 e. The van der Waals surface area contributed by atoms with Gasteiger partial charge in [0.05, 0.1) is 11.5 Å². The summed E-state index contributed by atoms with van der Waals surface area (Å²) in [5, 5.41) is 14.1. The molecule has 2 rings (SSSR count). The van der Waals surface area contributed by atoms with E-state index in [9.17, 15) is 10.1 Å². The zero-order valence-electron chi connectivity index (χ0n) is 11.4. The average Bonchev–Trinajstić information content (AvgIpc) is 2.87. The molecule has 106 valence electrons. The predicted molar refractivity (Wildman–Crippen MR) is 80.6 cm³/mol. The molecule has 0 saturated carbocycles. The third-order valence-corrected chi connectivity index (χ3v) is 3.83. The Morgan fingerprint density at radius 1 is 1.35 bits per heavy atom. The van der Waals surface area contributed by atoms with Crippen molar-refractivity contribution < 1.29 is 9.66 Å². The third-order valence-electron chi connectivity index (χ3n) is 2.79. The molecule has 0 atom stereocenters. The van der Waals surface area contributed by atoms with E-state index < -0.39 is 0 Å². The van der Waals surface area contributed by atoms with E-state index in [1.165, 1.54) is 17.4 Å². The second-order valence-electron chi connectivity index (χ2n) is 4.26. The number of hydrogen-bond acceptors (Lipinski definition) is 5. The maximum absolute atomic E-state index is 10.6. The van der Waals surface area contributed by atoms with Gasteiger partial charge in [-0.2, -0.15) is 0 Å². The lowest BCUT2D eigenvalue weighted by atomic mass is 10.2.